The third kappa shape index (κ3) is 6.19. The van der Waals surface area contributed by atoms with Crippen molar-refractivity contribution in [2.75, 3.05) is 6.54 Å². The van der Waals surface area contributed by atoms with Crippen LogP contribution >= 0.6 is 0 Å². The zero-order valence-corrected chi connectivity index (χ0v) is 23.0. The highest BCUT2D eigenvalue weighted by atomic mass is 19.1. The molecule has 1 heterocycles. The van der Waals surface area contributed by atoms with E-state index in [1.54, 1.807) is 47.4 Å². The fourth-order valence-electron chi connectivity index (χ4n) is 4.86. The van der Waals surface area contributed by atoms with Gasteiger partial charge in [0.15, 0.2) is 5.43 Å². The van der Waals surface area contributed by atoms with E-state index < -0.39 is 0 Å². The van der Waals surface area contributed by atoms with Crippen LogP contribution in [0.4, 0.5) is 4.39 Å². The van der Waals surface area contributed by atoms with Crippen LogP contribution < -0.4 is 5.43 Å². The van der Waals surface area contributed by atoms with Crippen LogP contribution in [-0.4, -0.2) is 34.2 Å². The first kappa shape index (κ1) is 27.8. The molecule has 0 spiro atoms. The van der Waals surface area contributed by atoms with Crippen LogP contribution in [0.2, 0.25) is 0 Å². The minimum absolute atomic E-state index is 0.0259. The van der Waals surface area contributed by atoms with Crippen molar-refractivity contribution in [2.45, 2.75) is 39.4 Å². The number of carbonyl (C=O) groups is 2. The molecule has 208 valence electrons. The van der Waals surface area contributed by atoms with Crippen molar-refractivity contribution in [3.8, 4) is 0 Å². The molecule has 0 aliphatic rings. The largest absolute Gasteiger partial charge is 0.464 e. The zero-order chi connectivity index (χ0) is 28.9. The maximum atomic E-state index is 13.9. The van der Waals surface area contributed by atoms with Gasteiger partial charge in [-0.15, -0.1) is 0 Å². The quantitative estimate of drug-likeness (QED) is 0.209. The van der Waals surface area contributed by atoms with Gasteiger partial charge in [-0.3, -0.25) is 14.4 Å². The lowest BCUT2D eigenvalue weighted by Gasteiger charge is -2.31. The topological polar surface area (TPSA) is 70.8 Å². The number of halogens is 1. The van der Waals surface area contributed by atoms with Crippen molar-refractivity contribution >= 4 is 33.6 Å². The van der Waals surface area contributed by atoms with Crippen LogP contribution in [-0.2, 0) is 17.9 Å². The predicted octanol–water partition coefficient (Wildman–Crippen LogP) is 6.56. The normalized spacial score (nSPS) is 11.9. The average Bonchev–Trinajstić information content (AvgIpc) is 3.00. The highest BCUT2D eigenvalue weighted by Crippen LogP contribution is 2.20. The third-order valence-electron chi connectivity index (χ3n) is 7.44. The van der Waals surface area contributed by atoms with Crippen LogP contribution in [0.3, 0.4) is 0 Å². The summed E-state index contributed by atoms with van der Waals surface area (Å²) in [6.45, 7) is 3.80. The number of para-hydroxylation sites is 1. The Balaban J connectivity index is 1.46. The first-order valence-corrected chi connectivity index (χ1v) is 13.7. The standard InChI is InChI=1S/C34H31FN2O4/c1-3-23(2)37(34(40)27-15-14-25-8-4-5-9-26(25)18-27)21-32(38)36(19-24-12-16-29(35)17-13-24)20-28-22-41-31-11-7-6-10-30(31)33(28)39/h4-18,22-23H,3,19-21H2,1-2H3. The number of fused-ring (bicyclic) bond motifs is 2. The SMILES string of the molecule is CCC(C)N(CC(=O)N(Cc1ccc(F)cc1)Cc1coc2ccccc2c1=O)C(=O)c1ccc2ccccc2c1. The molecule has 4 aromatic carbocycles. The summed E-state index contributed by atoms with van der Waals surface area (Å²) in [6.07, 6.45) is 2.03. The van der Waals surface area contributed by atoms with Gasteiger partial charge in [-0.25, -0.2) is 4.39 Å². The molecule has 5 rings (SSSR count). The van der Waals surface area contributed by atoms with Crippen LogP contribution in [0, 0.1) is 5.82 Å². The molecular weight excluding hydrogens is 519 g/mol. The van der Waals surface area contributed by atoms with Crippen LogP contribution in [0.1, 0.15) is 41.8 Å². The molecule has 5 aromatic rings. The number of rotatable bonds is 9. The Labute approximate surface area is 237 Å². The second-order valence-corrected chi connectivity index (χ2v) is 10.2. The van der Waals surface area contributed by atoms with Crippen molar-refractivity contribution in [1.29, 1.82) is 0 Å². The monoisotopic (exact) mass is 550 g/mol. The highest BCUT2D eigenvalue weighted by molar-refractivity contribution is 6.00. The van der Waals surface area contributed by atoms with E-state index in [4.69, 9.17) is 4.42 Å². The summed E-state index contributed by atoms with van der Waals surface area (Å²) in [7, 11) is 0. The Morgan fingerprint density at radius 2 is 1.59 bits per heavy atom. The Hall–Kier alpha value is -4.78. The van der Waals surface area contributed by atoms with Crippen molar-refractivity contribution in [3.05, 3.63) is 130 Å². The van der Waals surface area contributed by atoms with Crippen molar-refractivity contribution < 1.29 is 18.4 Å². The van der Waals surface area contributed by atoms with Gasteiger partial charge in [-0.1, -0.05) is 61.5 Å². The van der Waals surface area contributed by atoms with E-state index in [-0.39, 0.29) is 48.7 Å². The fourth-order valence-corrected chi connectivity index (χ4v) is 4.86. The molecule has 0 bridgehead atoms. The second kappa shape index (κ2) is 12.2. The summed E-state index contributed by atoms with van der Waals surface area (Å²) in [6, 6.07) is 25.9. The smallest absolute Gasteiger partial charge is 0.254 e. The summed E-state index contributed by atoms with van der Waals surface area (Å²) < 4.78 is 19.3. The van der Waals surface area contributed by atoms with Gasteiger partial charge >= 0.3 is 0 Å². The Kier molecular flexibility index (Phi) is 8.24. The number of amides is 2. The predicted molar refractivity (Wildman–Crippen MR) is 158 cm³/mol. The molecule has 41 heavy (non-hydrogen) atoms. The fraction of sp³-hybridized carbons (Fsp3) is 0.206. The van der Waals surface area contributed by atoms with Gasteiger partial charge in [-0.2, -0.15) is 0 Å². The Bertz CT molecular complexity index is 1760. The van der Waals surface area contributed by atoms with Gasteiger partial charge in [0.1, 0.15) is 17.9 Å². The lowest BCUT2D eigenvalue weighted by molar-refractivity contribution is -0.133. The van der Waals surface area contributed by atoms with Crippen molar-refractivity contribution in [1.82, 2.24) is 9.80 Å². The molecule has 0 aliphatic carbocycles. The van der Waals surface area contributed by atoms with E-state index in [0.717, 1.165) is 10.8 Å². The molecule has 0 N–H and O–H groups in total. The number of hydrogen-bond donors (Lipinski definition) is 0. The molecule has 0 radical (unpaired) electrons. The van der Waals surface area contributed by atoms with Gasteiger partial charge in [-0.05, 0) is 66.1 Å². The molecule has 1 unspecified atom stereocenters. The second-order valence-electron chi connectivity index (χ2n) is 10.2. The van der Waals surface area contributed by atoms with E-state index in [9.17, 15) is 18.8 Å². The van der Waals surface area contributed by atoms with Gasteiger partial charge in [0, 0.05) is 18.2 Å². The molecule has 2 amide bonds. The Morgan fingerprint density at radius 1 is 0.878 bits per heavy atom. The number of nitrogens with zero attached hydrogens (tertiary/aromatic N) is 2. The zero-order valence-electron chi connectivity index (χ0n) is 23.0. The molecule has 1 atom stereocenters. The molecule has 0 aliphatic heterocycles. The van der Waals surface area contributed by atoms with E-state index in [0.29, 0.717) is 34.1 Å². The lowest BCUT2D eigenvalue weighted by atomic mass is 10.1. The first-order chi connectivity index (χ1) is 19.8. The molecule has 1 aromatic heterocycles. The maximum absolute atomic E-state index is 13.9. The highest BCUT2D eigenvalue weighted by Gasteiger charge is 2.27. The summed E-state index contributed by atoms with van der Waals surface area (Å²) in [4.78, 5) is 44.0. The molecule has 7 heteroatoms. The summed E-state index contributed by atoms with van der Waals surface area (Å²) >= 11 is 0. The van der Waals surface area contributed by atoms with Crippen molar-refractivity contribution in [2.24, 2.45) is 0 Å². The number of carbonyl (C=O) groups excluding carboxylic acids is 2. The summed E-state index contributed by atoms with van der Waals surface area (Å²) in [5.74, 6) is -0.965. The average molecular weight is 551 g/mol. The van der Waals surface area contributed by atoms with Gasteiger partial charge in [0.05, 0.1) is 23.8 Å². The van der Waals surface area contributed by atoms with E-state index in [1.165, 1.54) is 23.3 Å². The molecule has 0 saturated heterocycles. The number of hydrogen-bond acceptors (Lipinski definition) is 4. The molecule has 6 nitrogen and oxygen atoms in total. The number of benzene rings is 4. The Morgan fingerprint density at radius 3 is 2.34 bits per heavy atom. The van der Waals surface area contributed by atoms with Gasteiger partial charge in [0.25, 0.3) is 5.91 Å². The maximum Gasteiger partial charge on any atom is 0.254 e. The molecule has 0 fully saturated rings. The third-order valence-corrected chi connectivity index (χ3v) is 7.44. The van der Waals surface area contributed by atoms with E-state index >= 15 is 0 Å². The summed E-state index contributed by atoms with van der Waals surface area (Å²) in [5, 5.41) is 2.39. The van der Waals surface area contributed by atoms with Crippen molar-refractivity contribution in [3.63, 3.8) is 0 Å². The van der Waals surface area contributed by atoms with Crippen LogP contribution in [0.5, 0.6) is 0 Å². The minimum Gasteiger partial charge on any atom is -0.464 e. The van der Waals surface area contributed by atoms with Crippen LogP contribution in [0.15, 0.2) is 106 Å². The summed E-state index contributed by atoms with van der Waals surface area (Å²) in [5.41, 5.74) is 1.74. The molecular formula is C34H31FN2O4. The van der Waals surface area contributed by atoms with Gasteiger partial charge in [0.2, 0.25) is 5.91 Å². The molecule has 0 saturated carbocycles. The van der Waals surface area contributed by atoms with Crippen LogP contribution in [0.25, 0.3) is 21.7 Å². The van der Waals surface area contributed by atoms with E-state index in [1.807, 2.05) is 50.2 Å². The van der Waals surface area contributed by atoms with E-state index in [2.05, 4.69) is 0 Å². The lowest BCUT2D eigenvalue weighted by Crippen LogP contribution is -2.46. The van der Waals surface area contributed by atoms with Gasteiger partial charge < -0.3 is 14.2 Å². The first-order valence-electron chi connectivity index (χ1n) is 13.7. The minimum atomic E-state index is -0.384.